The number of carbonyl (C=O) groups is 1. The smallest absolute Gasteiger partial charge is 0.305 e. The Kier molecular flexibility index (Phi) is 3.14. The Morgan fingerprint density at radius 1 is 1.43 bits per heavy atom. The summed E-state index contributed by atoms with van der Waals surface area (Å²) in [6.45, 7) is 0. The average molecular weight is 201 g/mol. The van der Waals surface area contributed by atoms with E-state index in [1.165, 1.54) is 6.07 Å². The maximum atomic E-state index is 12.7. The van der Waals surface area contributed by atoms with Crippen LogP contribution in [0.2, 0.25) is 0 Å². The molecule has 0 aliphatic carbocycles. The van der Waals surface area contributed by atoms with Crippen molar-refractivity contribution in [1.82, 2.24) is 0 Å². The fourth-order valence-corrected chi connectivity index (χ4v) is 1.05. The van der Waals surface area contributed by atoms with Crippen molar-refractivity contribution >= 4 is 5.97 Å². The molecule has 3 nitrogen and oxygen atoms in total. The molecule has 0 heterocycles. The first kappa shape index (κ1) is 10.6. The molecule has 1 atom stereocenters. The van der Waals surface area contributed by atoms with Crippen LogP contribution in [0.5, 0.6) is 0 Å². The zero-order valence-corrected chi connectivity index (χ0v) is 7.21. The van der Waals surface area contributed by atoms with Gasteiger partial charge in [-0.25, -0.2) is 8.78 Å². The molecule has 1 rings (SSSR count). The molecular formula is C9H9F2NO2. The predicted octanol–water partition coefficient (Wildman–Crippen LogP) is 1.44. The molecular weight excluding hydrogens is 192 g/mol. The van der Waals surface area contributed by atoms with E-state index in [-0.39, 0.29) is 12.0 Å². The number of hydrogen-bond donors (Lipinski definition) is 2. The van der Waals surface area contributed by atoms with Gasteiger partial charge in [-0.3, -0.25) is 4.79 Å². The maximum absolute atomic E-state index is 12.7. The molecule has 0 fully saturated rings. The van der Waals surface area contributed by atoms with Crippen molar-refractivity contribution in [2.75, 3.05) is 0 Å². The van der Waals surface area contributed by atoms with E-state index in [0.29, 0.717) is 0 Å². The van der Waals surface area contributed by atoms with Crippen LogP contribution in [0, 0.1) is 11.6 Å². The molecule has 5 heteroatoms. The van der Waals surface area contributed by atoms with Gasteiger partial charge in [-0.1, -0.05) is 6.07 Å². The quantitative estimate of drug-likeness (QED) is 0.777. The van der Waals surface area contributed by atoms with E-state index in [9.17, 15) is 13.6 Å². The van der Waals surface area contributed by atoms with Crippen molar-refractivity contribution in [1.29, 1.82) is 0 Å². The summed E-state index contributed by atoms with van der Waals surface area (Å²) in [4.78, 5) is 10.3. The average Bonchev–Trinajstić information content (AvgIpc) is 2.08. The van der Waals surface area contributed by atoms with Gasteiger partial charge in [-0.05, 0) is 17.7 Å². The van der Waals surface area contributed by atoms with Crippen LogP contribution in [0.15, 0.2) is 18.2 Å². The third-order valence-electron chi connectivity index (χ3n) is 1.77. The van der Waals surface area contributed by atoms with E-state index in [2.05, 4.69) is 0 Å². The summed E-state index contributed by atoms with van der Waals surface area (Å²) >= 11 is 0. The van der Waals surface area contributed by atoms with Gasteiger partial charge in [0.1, 0.15) is 0 Å². The minimum Gasteiger partial charge on any atom is -0.481 e. The minimum absolute atomic E-state index is 0.270. The Morgan fingerprint density at radius 2 is 2.07 bits per heavy atom. The van der Waals surface area contributed by atoms with Crippen molar-refractivity contribution in [3.63, 3.8) is 0 Å². The van der Waals surface area contributed by atoms with Gasteiger partial charge in [-0.15, -0.1) is 0 Å². The number of rotatable bonds is 3. The van der Waals surface area contributed by atoms with Crippen molar-refractivity contribution < 1.29 is 18.7 Å². The second-order valence-electron chi connectivity index (χ2n) is 2.88. The molecule has 76 valence electrons. The first-order valence-electron chi connectivity index (χ1n) is 3.93. The van der Waals surface area contributed by atoms with Crippen molar-refractivity contribution in [2.45, 2.75) is 12.5 Å². The number of nitrogens with two attached hydrogens (primary N) is 1. The molecule has 0 spiro atoms. The number of carboxylic acid groups (broad SMARTS) is 1. The van der Waals surface area contributed by atoms with Crippen molar-refractivity contribution in [2.24, 2.45) is 5.73 Å². The Balaban J connectivity index is 2.85. The highest BCUT2D eigenvalue weighted by molar-refractivity contribution is 5.67. The Bertz CT molecular complexity index is 355. The summed E-state index contributed by atoms with van der Waals surface area (Å²) in [5.74, 6) is -3.08. The Hall–Kier alpha value is -1.49. The SMILES string of the molecule is N[C@@H](CC(=O)O)c1ccc(F)c(F)c1. The van der Waals surface area contributed by atoms with E-state index in [1.807, 2.05) is 0 Å². The van der Waals surface area contributed by atoms with Gasteiger partial charge in [-0.2, -0.15) is 0 Å². The van der Waals surface area contributed by atoms with E-state index in [0.717, 1.165) is 12.1 Å². The Morgan fingerprint density at radius 3 is 2.57 bits per heavy atom. The molecule has 0 saturated heterocycles. The third-order valence-corrected chi connectivity index (χ3v) is 1.77. The maximum Gasteiger partial charge on any atom is 0.305 e. The van der Waals surface area contributed by atoms with Gasteiger partial charge < -0.3 is 10.8 Å². The van der Waals surface area contributed by atoms with Gasteiger partial charge >= 0.3 is 5.97 Å². The van der Waals surface area contributed by atoms with Crippen molar-refractivity contribution in [3.05, 3.63) is 35.4 Å². The lowest BCUT2D eigenvalue weighted by molar-refractivity contribution is -0.137. The molecule has 0 aliphatic rings. The minimum atomic E-state index is -1.08. The molecule has 0 aliphatic heterocycles. The standard InChI is InChI=1S/C9H9F2NO2/c10-6-2-1-5(3-7(6)11)8(12)4-9(13)14/h1-3,8H,4,12H2,(H,13,14)/t8-/m0/s1. The topological polar surface area (TPSA) is 63.3 Å². The fraction of sp³-hybridized carbons (Fsp3) is 0.222. The van der Waals surface area contributed by atoms with Crippen LogP contribution < -0.4 is 5.73 Å². The number of benzene rings is 1. The molecule has 1 aromatic carbocycles. The highest BCUT2D eigenvalue weighted by Crippen LogP contribution is 2.16. The molecule has 0 bridgehead atoms. The molecule has 14 heavy (non-hydrogen) atoms. The Labute approximate surface area is 79.2 Å². The summed E-state index contributed by atoms with van der Waals surface area (Å²) < 4.78 is 25.2. The number of carboxylic acids is 1. The summed E-state index contributed by atoms with van der Waals surface area (Å²) in [6, 6.07) is 2.28. The first-order valence-corrected chi connectivity index (χ1v) is 3.93. The van der Waals surface area contributed by atoms with Crippen LogP contribution in [0.1, 0.15) is 18.0 Å². The lowest BCUT2D eigenvalue weighted by Gasteiger charge is -2.08. The predicted molar refractivity (Wildman–Crippen MR) is 45.5 cm³/mol. The van der Waals surface area contributed by atoms with Crippen LogP contribution in [-0.4, -0.2) is 11.1 Å². The van der Waals surface area contributed by atoms with Crippen LogP contribution in [0.3, 0.4) is 0 Å². The lowest BCUT2D eigenvalue weighted by Crippen LogP contribution is -2.15. The molecule has 0 unspecified atom stereocenters. The molecule has 0 aromatic heterocycles. The summed E-state index contributed by atoms with van der Waals surface area (Å²) in [6.07, 6.45) is -0.314. The highest BCUT2D eigenvalue weighted by atomic mass is 19.2. The van der Waals surface area contributed by atoms with E-state index >= 15 is 0 Å². The third kappa shape index (κ3) is 2.50. The summed E-state index contributed by atoms with van der Waals surface area (Å²) in [5, 5.41) is 8.42. The van der Waals surface area contributed by atoms with Gasteiger partial charge in [0.05, 0.1) is 6.42 Å². The lowest BCUT2D eigenvalue weighted by atomic mass is 10.0. The zero-order valence-electron chi connectivity index (χ0n) is 7.21. The van der Waals surface area contributed by atoms with Gasteiger partial charge in [0, 0.05) is 6.04 Å². The van der Waals surface area contributed by atoms with Gasteiger partial charge in [0.2, 0.25) is 0 Å². The largest absolute Gasteiger partial charge is 0.481 e. The molecule has 3 N–H and O–H groups in total. The highest BCUT2D eigenvalue weighted by Gasteiger charge is 2.12. The van der Waals surface area contributed by atoms with Crippen LogP contribution in [-0.2, 0) is 4.79 Å². The monoisotopic (exact) mass is 201 g/mol. The number of halogens is 2. The molecule has 0 amide bonds. The summed E-state index contributed by atoms with van der Waals surface area (Å²) in [7, 11) is 0. The number of hydrogen-bond acceptors (Lipinski definition) is 2. The van der Waals surface area contributed by atoms with Gasteiger partial charge in [0.25, 0.3) is 0 Å². The molecule has 0 saturated carbocycles. The summed E-state index contributed by atoms with van der Waals surface area (Å²) in [5.41, 5.74) is 5.71. The first-order chi connectivity index (χ1) is 6.50. The van der Waals surface area contributed by atoms with Gasteiger partial charge in [0.15, 0.2) is 11.6 Å². The van der Waals surface area contributed by atoms with E-state index in [1.54, 1.807) is 0 Å². The molecule has 1 aromatic rings. The fourth-order valence-electron chi connectivity index (χ4n) is 1.05. The zero-order chi connectivity index (χ0) is 10.7. The van der Waals surface area contributed by atoms with E-state index in [4.69, 9.17) is 10.8 Å². The molecule has 0 radical (unpaired) electrons. The van der Waals surface area contributed by atoms with Crippen LogP contribution in [0.4, 0.5) is 8.78 Å². The normalized spacial score (nSPS) is 12.5. The van der Waals surface area contributed by atoms with Crippen LogP contribution in [0.25, 0.3) is 0 Å². The second-order valence-corrected chi connectivity index (χ2v) is 2.88. The number of aliphatic carboxylic acids is 1. The second kappa shape index (κ2) is 4.15. The van der Waals surface area contributed by atoms with Crippen LogP contribution >= 0.6 is 0 Å². The van der Waals surface area contributed by atoms with E-state index < -0.39 is 23.6 Å². The van der Waals surface area contributed by atoms with Crippen molar-refractivity contribution in [3.8, 4) is 0 Å².